The third-order valence-corrected chi connectivity index (χ3v) is 6.71. The van der Waals surface area contributed by atoms with Gasteiger partial charge in [-0.3, -0.25) is 9.36 Å². The van der Waals surface area contributed by atoms with Crippen molar-refractivity contribution in [2.75, 3.05) is 45.1 Å². The molecule has 1 amide bonds. The van der Waals surface area contributed by atoms with E-state index >= 15 is 4.39 Å². The molecule has 5 aromatic rings. The second kappa shape index (κ2) is 9.58. The predicted octanol–water partition coefficient (Wildman–Crippen LogP) is 2.87. The number of halogens is 1. The smallest absolute Gasteiger partial charge is 0.259 e. The van der Waals surface area contributed by atoms with Crippen LogP contribution in [0.25, 0.3) is 27.9 Å². The topological polar surface area (TPSA) is 108 Å². The quantitative estimate of drug-likeness (QED) is 0.370. The molecule has 2 aromatic carbocycles. The van der Waals surface area contributed by atoms with Gasteiger partial charge in [0.2, 0.25) is 0 Å². The van der Waals surface area contributed by atoms with Gasteiger partial charge in [-0.05, 0) is 31.3 Å². The molecule has 0 spiro atoms. The molecule has 1 aliphatic heterocycles. The molecule has 4 heterocycles. The number of aromatic amines is 1. The Morgan fingerprint density at radius 2 is 1.86 bits per heavy atom. The fourth-order valence-corrected chi connectivity index (χ4v) is 4.77. The van der Waals surface area contributed by atoms with Gasteiger partial charge in [0.05, 0.1) is 17.4 Å². The summed E-state index contributed by atoms with van der Waals surface area (Å²) in [5, 5.41) is 3.31. The summed E-state index contributed by atoms with van der Waals surface area (Å²) in [6, 6.07) is 12.6. The predicted molar refractivity (Wildman–Crippen MR) is 138 cm³/mol. The Kier molecular flexibility index (Phi) is 5.97. The first kappa shape index (κ1) is 23.0. The number of amides is 1. The van der Waals surface area contributed by atoms with Crippen LogP contribution < -0.4 is 5.32 Å². The van der Waals surface area contributed by atoms with Gasteiger partial charge in [0.25, 0.3) is 5.91 Å². The Morgan fingerprint density at radius 1 is 1.05 bits per heavy atom. The Morgan fingerprint density at radius 3 is 2.68 bits per heavy atom. The van der Waals surface area contributed by atoms with Crippen LogP contribution >= 0.6 is 0 Å². The summed E-state index contributed by atoms with van der Waals surface area (Å²) >= 11 is 0. The van der Waals surface area contributed by atoms with Crippen LogP contribution in [0.1, 0.15) is 16.2 Å². The van der Waals surface area contributed by atoms with Crippen LogP contribution in [0.4, 0.5) is 10.2 Å². The van der Waals surface area contributed by atoms with E-state index in [1.165, 1.54) is 12.4 Å². The number of rotatable bonds is 6. The summed E-state index contributed by atoms with van der Waals surface area (Å²) in [6.07, 6.45) is 3.55. The second-order valence-corrected chi connectivity index (χ2v) is 9.08. The first-order valence-electron chi connectivity index (χ1n) is 12.2. The number of carbonyl (C=O) groups is 1. The SMILES string of the molecule is CN1CCN(C(=O)c2c(F)ccc3nc(CCNc4ncnc5[nH]cnc45)n(-c4ccccc4)c23)CC1. The van der Waals surface area contributed by atoms with Crippen LogP contribution in [0.5, 0.6) is 0 Å². The van der Waals surface area contributed by atoms with Crippen molar-refractivity contribution in [3.63, 3.8) is 0 Å². The maximum absolute atomic E-state index is 15.4. The molecule has 0 saturated carbocycles. The molecule has 1 fully saturated rings. The highest BCUT2D eigenvalue weighted by Gasteiger charge is 2.28. The number of carbonyl (C=O) groups excluding carboxylic acids is 1. The number of likely N-dealkylation sites (N-methyl/N-ethyl adjacent to an activating group) is 1. The van der Waals surface area contributed by atoms with E-state index in [1.54, 1.807) is 17.3 Å². The number of hydrogen-bond acceptors (Lipinski definition) is 7. The summed E-state index contributed by atoms with van der Waals surface area (Å²) in [5.74, 6) is 0.476. The molecule has 0 unspecified atom stereocenters. The molecule has 10 nitrogen and oxygen atoms in total. The zero-order valence-corrected chi connectivity index (χ0v) is 20.4. The Labute approximate surface area is 212 Å². The van der Waals surface area contributed by atoms with E-state index < -0.39 is 5.82 Å². The molecule has 1 aliphatic rings. The molecule has 0 aliphatic carbocycles. The zero-order chi connectivity index (χ0) is 25.4. The lowest BCUT2D eigenvalue weighted by atomic mass is 10.1. The van der Waals surface area contributed by atoms with Crippen LogP contribution in [-0.2, 0) is 6.42 Å². The summed E-state index contributed by atoms with van der Waals surface area (Å²) in [7, 11) is 2.02. The Bertz CT molecular complexity index is 1570. The van der Waals surface area contributed by atoms with Crippen molar-refractivity contribution in [1.29, 1.82) is 0 Å². The number of benzene rings is 2. The van der Waals surface area contributed by atoms with E-state index in [4.69, 9.17) is 4.98 Å². The summed E-state index contributed by atoms with van der Waals surface area (Å²) in [5.41, 5.74) is 3.25. The number of nitrogens with zero attached hydrogens (tertiary/aromatic N) is 7. The van der Waals surface area contributed by atoms with Gasteiger partial charge < -0.3 is 20.1 Å². The van der Waals surface area contributed by atoms with Crippen LogP contribution in [0.3, 0.4) is 0 Å². The minimum Gasteiger partial charge on any atom is -0.368 e. The fourth-order valence-electron chi connectivity index (χ4n) is 4.77. The van der Waals surface area contributed by atoms with Crippen LogP contribution in [0.15, 0.2) is 55.1 Å². The number of H-pyrrole nitrogens is 1. The van der Waals surface area contributed by atoms with Crippen molar-refractivity contribution < 1.29 is 9.18 Å². The molecular weight excluding hydrogens is 473 g/mol. The molecular formula is C26H26FN9O. The van der Waals surface area contributed by atoms with Crippen LogP contribution in [-0.4, -0.2) is 85.0 Å². The lowest BCUT2D eigenvalue weighted by molar-refractivity contribution is 0.0661. The van der Waals surface area contributed by atoms with Crippen LogP contribution in [0.2, 0.25) is 0 Å². The molecule has 1 saturated heterocycles. The van der Waals surface area contributed by atoms with E-state index in [9.17, 15) is 4.79 Å². The molecule has 0 atom stereocenters. The van der Waals surface area contributed by atoms with Crippen molar-refractivity contribution >= 4 is 33.9 Å². The third kappa shape index (κ3) is 4.27. The Hall–Kier alpha value is -4.38. The van der Waals surface area contributed by atoms with Crippen molar-refractivity contribution in [1.82, 2.24) is 39.3 Å². The fraction of sp³-hybridized carbons (Fsp3) is 0.269. The number of fused-ring (bicyclic) bond motifs is 2. The highest BCUT2D eigenvalue weighted by atomic mass is 19.1. The minimum atomic E-state index is -0.542. The van der Waals surface area contributed by atoms with Crippen molar-refractivity contribution in [3.05, 3.63) is 72.3 Å². The molecule has 188 valence electrons. The van der Waals surface area contributed by atoms with Gasteiger partial charge in [-0.1, -0.05) is 18.2 Å². The summed E-state index contributed by atoms with van der Waals surface area (Å²) < 4.78 is 17.3. The number of aromatic nitrogens is 6. The summed E-state index contributed by atoms with van der Waals surface area (Å²) in [4.78, 5) is 38.1. The molecule has 3 aromatic heterocycles. The number of imidazole rings is 2. The van der Waals surface area contributed by atoms with Crippen molar-refractivity contribution in [2.45, 2.75) is 6.42 Å². The normalized spacial score (nSPS) is 14.5. The molecule has 6 rings (SSSR count). The third-order valence-electron chi connectivity index (χ3n) is 6.71. The second-order valence-electron chi connectivity index (χ2n) is 9.08. The average Bonchev–Trinajstić information content (AvgIpc) is 3.54. The maximum Gasteiger partial charge on any atom is 0.259 e. The number of nitrogens with one attached hydrogen (secondary N) is 2. The number of anilines is 1. The molecule has 37 heavy (non-hydrogen) atoms. The van der Waals surface area contributed by atoms with Gasteiger partial charge in [0, 0.05) is 44.8 Å². The first-order chi connectivity index (χ1) is 18.1. The van der Waals surface area contributed by atoms with Crippen LogP contribution in [0, 0.1) is 5.82 Å². The number of para-hydroxylation sites is 1. The molecule has 2 N–H and O–H groups in total. The van der Waals surface area contributed by atoms with Gasteiger partial charge in [0.15, 0.2) is 11.5 Å². The van der Waals surface area contributed by atoms with Gasteiger partial charge in [-0.15, -0.1) is 0 Å². The summed E-state index contributed by atoms with van der Waals surface area (Å²) in [6.45, 7) is 3.12. The van der Waals surface area contributed by atoms with E-state index in [0.717, 1.165) is 18.8 Å². The molecule has 11 heteroatoms. The highest BCUT2D eigenvalue weighted by Crippen LogP contribution is 2.29. The minimum absolute atomic E-state index is 0.0617. The first-order valence-corrected chi connectivity index (χ1v) is 12.2. The van der Waals surface area contributed by atoms with E-state index in [0.29, 0.717) is 59.9 Å². The molecule has 0 radical (unpaired) electrons. The average molecular weight is 500 g/mol. The number of piperazine rings is 1. The van der Waals surface area contributed by atoms with Gasteiger partial charge in [-0.2, -0.15) is 0 Å². The lowest BCUT2D eigenvalue weighted by Crippen LogP contribution is -2.47. The Balaban J connectivity index is 1.39. The van der Waals surface area contributed by atoms with Crippen molar-refractivity contribution in [3.8, 4) is 5.69 Å². The largest absolute Gasteiger partial charge is 0.368 e. The van der Waals surface area contributed by atoms with E-state index in [1.807, 2.05) is 41.9 Å². The highest BCUT2D eigenvalue weighted by molar-refractivity contribution is 6.06. The van der Waals surface area contributed by atoms with Gasteiger partial charge in [-0.25, -0.2) is 24.3 Å². The molecule has 0 bridgehead atoms. The van der Waals surface area contributed by atoms with Gasteiger partial charge in [0.1, 0.15) is 29.0 Å². The van der Waals surface area contributed by atoms with Gasteiger partial charge >= 0.3 is 0 Å². The standard InChI is InChI=1S/C26H26FN9O/c1-34-11-13-35(14-12-34)26(37)21-18(27)7-8-19-23(21)36(17-5-3-2-4-6-17)20(33-19)9-10-28-24-22-25(30-15-29-22)32-16-31-24/h2-8,15-16H,9-14H2,1H3,(H2,28,29,30,31,32). The lowest BCUT2D eigenvalue weighted by Gasteiger charge is -2.32. The van der Waals surface area contributed by atoms with E-state index in [-0.39, 0.29) is 11.5 Å². The zero-order valence-electron chi connectivity index (χ0n) is 20.4. The van der Waals surface area contributed by atoms with E-state index in [2.05, 4.69) is 30.2 Å². The monoisotopic (exact) mass is 499 g/mol. The maximum atomic E-state index is 15.4. The number of hydrogen-bond donors (Lipinski definition) is 2. The van der Waals surface area contributed by atoms with Crippen molar-refractivity contribution in [2.24, 2.45) is 0 Å².